The Kier molecular flexibility index (Phi) is 4.61. The van der Waals surface area contributed by atoms with Crippen LogP contribution in [0.2, 0.25) is 0 Å². The Morgan fingerprint density at radius 1 is 1.21 bits per heavy atom. The molecule has 7 heteroatoms. The van der Waals surface area contributed by atoms with Crippen LogP contribution in [-0.2, 0) is 9.53 Å². The maximum absolute atomic E-state index is 12.9. The number of fused-ring (bicyclic) bond motifs is 1. The lowest BCUT2D eigenvalue weighted by atomic mass is 10.2. The molecule has 2 heterocycles. The van der Waals surface area contributed by atoms with Gasteiger partial charge in [0.1, 0.15) is 11.9 Å². The van der Waals surface area contributed by atoms with Crippen molar-refractivity contribution in [2.75, 3.05) is 31.2 Å². The molecule has 1 aliphatic rings. The van der Waals surface area contributed by atoms with E-state index in [1.807, 2.05) is 30.3 Å². The number of benzene rings is 1. The predicted octanol–water partition coefficient (Wildman–Crippen LogP) is 1.97. The summed E-state index contributed by atoms with van der Waals surface area (Å²) in [5.41, 5.74) is 0.715. The van der Waals surface area contributed by atoms with Gasteiger partial charge < -0.3 is 14.7 Å². The summed E-state index contributed by atoms with van der Waals surface area (Å²) in [5, 5.41) is 10.3. The van der Waals surface area contributed by atoms with Crippen LogP contribution < -0.4 is 4.90 Å². The lowest BCUT2D eigenvalue weighted by Gasteiger charge is -2.34. The van der Waals surface area contributed by atoms with Crippen LogP contribution in [0.1, 0.15) is 6.92 Å². The van der Waals surface area contributed by atoms with E-state index in [1.165, 1.54) is 11.8 Å². The van der Waals surface area contributed by atoms with E-state index in [2.05, 4.69) is 4.98 Å². The number of rotatable bonds is 3. The van der Waals surface area contributed by atoms with Gasteiger partial charge in [-0.15, -0.1) is 0 Å². The Labute approximate surface area is 139 Å². The SMILES string of the molecule is C[C@@H](C(=O)O)N(C(=O)N1CCOCC1)c1ccc2ccccc2n1. The van der Waals surface area contributed by atoms with E-state index in [0.29, 0.717) is 37.6 Å². The summed E-state index contributed by atoms with van der Waals surface area (Å²) in [6.45, 7) is 3.26. The summed E-state index contributed by atoms with van der Waals surface area (Å²) in [5.74, 6) is -0.744. The molecule has 1 saturated heterocycles. The van der Waals surface area contributed by atoms with Gasteiger partial charge in [0.05, 0.1) is 18.7 Å². The number of para-hydroxylation sites is 1. The summed E-state index contributed by atoms with van der Waals surface area (Å²) < 4.78 is 5.26. The highest BCUT2D eigenvalue weighted by molar-refractivity contribution is 5.98. The van der Waals surface area contributed by atoms with E-state index in [4.69, 9.17) is 4.74 Å². The fourth-order valence-electron chi connectivity index (χ4n) is 2.67. The van der Waals surface area contributed by atoms with Gasteiger partial charge in [0.15, 0.2) is 0 Å². The Bertz CT molecular complexity index is 758. The molecule has 0 radical (unpaired) electrons. The number of hydrogen-bond donors (Lipinski definition) is 1. The largest absolute Gasteiger partial charge is 0.480 e. The third-order valence-electron chi connectivity index (χ3n) is 4.06. The van der Waals surface area contributed by atoms with E-state index < -0.39 is 12.0 Å². The molecule has 1 fully saturated rings. The number of aromatic nitrogens is 1. The van der Waals surface area contributed by atoms with Crippen molar-refractivity contribution in [1.82, 2.24) is 9.88 Å². The van der Waals surface area contributed by atoms with Gasteiger partial charge in [0.25, 0.3) is 0 Å². The molecule has 1 aromatic heterocycles. The topological polar surface area (TPSA) is 83.0 Å². The van der Waals surface area contributed by atoms with Crippen molar-refractivity contribution >= 4 is 28.7 Å². The molecule has 0 saturated carbocycles. The molecular formula is C17H19N3O4. The number of carbonyl (C=O) groups excluding carboxylic acids is 1. The minimum Gasteiger partial charge on any atom is -0.480 e. The molecule has 0 aliphatic carbocycles. The quantitative estimate of drug-likeness (QED) is 0.931. The molecule has 0 unspecified atom stereocenters. The summed E-state index contributed by atoms with van der Waals surface area (Å²) in [7, 11) is 0. The fourth-order valence-corrected chi connectivity index (χ4v) is 2.67. The van der Waals surface area contributed by atoms with Crippen LogP contribution in [0.15, 0.2) is 36.4 Å². The van der Waals surface area contributed by atoms with E-state index in [1.54, 1.807) is 11.0 Å². The van der Waals surface area contributed by atoms with Gasteiger partial charge in [-0.3, -0.25) is 4.90 Å². The summed E-state index contributed by atoms with van der Waals surface area (Å²) in [6.07, 6.45) is 0. The molecule has 0 bridgehead atoms. The highest BCUT2D eigenvalue weighted by atomic mass is 16.5. The number of hydrogen-bond acceptors (Lipinski definition) is 4. The Morgan fingerprint density at radius 3 is 2.62 bits per heavy atom. The van der Waals surface area contributed by atoms with Crippen molar-refractivity contribution in [1.29, 1.82) is 0 Å². The van der Waals surface area contributed by atoms with Crippen molar-refractivity contribution in [2.24, 2.45) is 0 Å². The summed E-state index contributed by atoms with van der Waals surface area (Å²) >= 11 is 0. The van der Waals surface area contributed by atoms with E-state index in [9.17, 15) is 14.7 Å². The number of carbonyl (C=O) groups is 2. The third kappa shape index (κ3) is 3.16. The van der Waals surface area contributed by atoms with Crippen LogP contribution in [0.25, 0.3) is 10.9 Å². The zero-order valence-electron chi connectivity index (χ0n) is 13.4. The van der Waals surface area contributed by atoms with Crippen LogP contribution in [-0.4, -0.2) is 59.3 Å². The molecule has 7 nitrogen and oxygen atoms in total. The molecular weight excluding hydrogens is 310 g/mol. The third-order valence-corrected chi connectivity index (χ3v) is 4.06. The van der Waals surface area contributed by atoms with Crippen LogP contribution in [0.4, 0.5) is 10.6 Å². The second-order valence-corrected chi connectivity index (χ2v) is 5.63. The van der Waals surface area contributed by atoms with Gasteiger partial charge in [0, 0.05) is 18.5 Å². The number of pyridine rings is 1. The molecule has 1 aromatic carbocycles. The Hall–Kier alpha value is -2.67. The number of urea groups is 1. The minimum absolute atomic E-state index is 0.333. The summed E-state index contributed by atoms with van der Waals surface area (Å²) in [4.78, 5) is 31.7. The normalized spacial score (nSPS) is 16.0. The fraction of sp³-hybridized carbons (Fsp3) is 0.353. The lowest BCUT2D eigenvalue weighted by Crippen LogP contribution is -2.53. The van der Waals surface area contributed by atoms with Gasteiger partial charge in [-0.05, 0) is 25.1 Å². The highest BCUT2D eigenvalue weighted by Gasteiger charge is 2.32. The summed E-state index contributed by atoms with van der Waals surface area (Å²) in [6, 6.07) is 9.65. The molecule has 126 valence electrons. The van der Waals surface area contributed by atoms with Crippen molar-refractivity contribution in [2.45, 2.75) is 13.0 Å². The monoisotopic (exact) mass is 329 g/mol. The first-order valence-corrected chi connectivity index (χ1v) is 7.82. The first-order chi connectivity index (χ1) is 11.6. The molecule has 0 spiro atoms. The minimum atomic E-state index is -1.08. The second-order valence-electron chi connectivity index (χ2n) is 5.63. The molecule has 1 aliphatic heterocycles. The van der Waals surface area contributed by atoms with E-state index in [-0.39, 0.29) is 6.03 Å². The number of nitrogens with zero attached hydrogens (tertiary/aromatic N) is 3. The van der Waals surface area contributed by atoms with Crippen LogP contribution in [0.5, 0.6) is 0 Å². The average Bonchev–Trinajstić information content (AvgIpc) is 2.62. The number of carboxylic acids is 1. The number of amides is 2. The number of morpholine rings is 1. The molecule has 2 aromatic rings. The molecule has 1 atom stereocenters. The lowest BCUT2D eigenvalue weighted by molar-refractivity contribution is -0.138. The predicted molar refractivity (Wildman–Crippen MR) is 89.1 cm³/mol. The van der Waals surface area contributed by atoms with Crippen LogP contribution in [0.3, 0.4) is 0 Å². The maximum atomic E-state index is 12.9. The van der Waals surface area contributed by atoms with Crippen molar-refractivity contribution in [3.8, 4) is 0 Å². The molecule has 2 amide bonds. The van der Waals surface area contributed by atoms with Crippen LogP contribution >= 0.6 is 0 Å². The molecule has 1 N–H and O–H groups in total. The van der Waals surface area contributed by atoms with Crippen molar-refractivity contribution in [3.63, 3.8) is 0 Å². The zero-order chi connectivity index (χ0) is 17.1. The first kappa shape index (κ1) is 16.2. The smallest absolute Gasteiger partial charge is 0.326 e. The first-order valence-electron chi connectivity index (χ1n) is 7.82. The number of anilines is 1. The van der Waals surface area contributed by atoms with Gasteiger partial charge in [-0.2, -0.15) is 0 Å². The standard InChI is InChI=1S/C17H19N3O4/c1-12(16(21)22)20(17(23)19-8-10-24-11-9-19)15-7-6-13-4-2-3-5-14(13)18-15/h2-7,12H,8-11H2,1H3,(H,21,22)/t12-/m0/s1. The van der Waals surface area contributed by atoms with Gasteiger partial charge >= 0.3 is 12.0 Å². The van der Waals surface area contributed by atoms with Gasteiger partial charge in [-0.25, -0.2) is 14.6 Å². The van der Waals surface area contributed by atoms with Gasteiger partial charge in [-0.1, -0.05) is 18.2 Å². The Morgan fingerprint density at radius 2 is 1.92 bits per heavy atom. The van der Waals surface area contributed by atoms with Gasteiger partial charge in [0.2, 0.25) is 0 Å². The molecule has 24 heavy (non-hydrogen) atoms. The number of carboxylic acid groups (broad SMARTS) is 1. The highest BCUT2D eigenvalue weighted by Crippen LogP contribution is 2.21. The van der Waals surface area contributed by atoms with Crippen molar-refractivity contribution < 1.29 is 19.4 Å². The second kappa shape index (κ2) is 6.84. The van der Waals surface area contributed by atoms with Crippen LogP contribution in [0, 0.1) is 0 Å². The van der Waals surface area contributed by atoms with Crippen molar-refractivity contribution in [3.05, 3.63) is 36.4 Å². The van der Waals surface area contributed by atoms with E-state index in [0.717, 1.165) is 5.39 Å². The zero-order valence-corrected chi connectivity index (χ0v) is 13.4. The maximum Gasteiger partial charge on any atom is 0.326 e. The number of aliphatic carboxylic acids is 1. The Balaban J connectivity index is 1.99. The molecule has 3 rings (SSSR count). The van der Waals surface area contributed by atoms with E-state index >= 15 is 0 Å². The average molecular weight is 329 g/mol. The number of ether oxygens (including phenoxy) is 1.